The molecule has 6 heteroatoms. The summed E-state index contributed by atoms with van der Waals surface area (Å²) >= 11 is 0. The van der Waals surface area contributed by atoms with Gasteiger partial charge in [-0.1, -0.05) is 0 Å². The molecule has 0 bridgehead atoms. The monoisotopic (exact) mass is 293 g/mol. The van der Waals surface area contributed by atoms with E-state index in [0.717, 1.165) is 0 Å². The van der Waals surface area contributed by atoms with Gasteiger partial charge in [0.05, 0.1) is 6.04 Å². The molecule has 4 N–H and O–H groups in total. The van der Waals surface area contributed by atoms with Crippen molar-refractivity contribution in [2.75, 3.05) is 19.0 Å². The third-order valence-electron chi connectivity index (χ3n) is 2.80. The van der Waals surface area contributed by atoms with Gasteiger partial charge in [0, 0.05) is 31.0 Å². The van der Waals surface area contributed by atoms with Gasteiger partial charge in [0.2, 0.25) is 5.91 Å². The van der Waals surface area contributed by atoms with Gasteiger partial charge in [-0.15, -0.1) is 0 Å². The third kappa shape index (κ3) is 5.93. The number of rotatable bonds is 7. The van der Waals surface area contributed by atoms with Crippen molar-refractivity contribution in [2.45, 2.75) is 32.4 Å². The summed E-state index contributed by atoms with van der Waals surface area (Å²) in [4.78, 5) is 23.6. The van der Waals surface area contributed by atoms with Crippen LogP contribution in [0.15, 0.2) is 24.3 Å². The van der Waals surface area contributed by atoms with Crippen molar-refractivity contribution in [1.29, 1.82) is 0 Å². The van der Waals surface area contributed by atoms with Crippen LogP contribution in [0.4, 0.5) is 5.69 Å². The molecule has 2 amide bonds. The van der Waals surface area contributed by atoms with E-state index in [0.29, 0.717) is 24.3 Å². The second-order valence-electron chi connectivity index (χ2n) is 5.08. The minimum Gasteiger partial charge on any atom is -0.385 e. The van der Waals surface area contributed by atoms with Crippen LogP contribution < -0.4 is 16.4 Å². The van der Waals surface area contributed by atoms with Gasteiger partial charge >= 0.3 is 0 Å². The molecule has 1 aromatic carbocycles. The Labute approximate surface area is 125 Å². The molecule has 0 heterocycles. The Balaban J connectivity index is 2.58. The molecule has 1 unspecified atom stereocenters. The first kappa shape index (κ1) is 17.1. The van der Waals surface area contributed by atoms with Crippen LogP contribution in [-0.4, -0.2) is 37.6 Å². The molecule has 0 saturated heterocycles. The number of carbonyl (C=O) groups is 2. The fourth-order valence-corrected chi connectivity index (χ4v) is 1.66. The lowest BCUT2D eigenvalue weighted by Gasteiger charge is -2.12. The van der Waals surface area contributed by atoms with Gasteiger partial charge in [0.15, 0.2) is 0 Å². The van der Waals surface area contributed by atoms with E-state index in [9.17, 15) is 9.59 Å². The minimum absolute atomic E-state index is 0.0793. The van der Waals surface area contributed by atoms with E-state index in [1.54, 1.807) is 31.4 Å². The molecule has 1 atom stereocenters. The van der Waals surface area contributed by atoms with E-state index in [-0.39, 0.29) is 17.9 Å². The quantitative estimate of drug-likeness (QED) is 0.702. The van der Waals surface area contributed by atoms with Crippen LogP contribution in [0, 0.1) is 0 Å². The highest BCUT2D eigenvalue weighted by molar-refractivity contribution is 5.97. The maximum atomic E-state index is 11.8. The highest BCUT2D eigenvalue weighted by Gasteiger charge is 2.13. The molecule has 0 aromatic heterocycles. The average molecular weight is 293 g/mol. The van der Waals surface area contributed by atoms with Crippen molar-refractivity contribution < 1.29 is 14.3 Å². The van der Waals surface area contributed by atoms with Crippen LogP contribution in [0.3, 0.4) is 0 Å². The van der Waals surface area contributed by atoms with Crippen molar-refractivity contribution in [2.24, 2.45) is 5.73 Å². The molecule has 0 aliphatic rings. The van der Waals surface area contributed by atoms with Crippen LogP contribution in [0.1, 0.15) is 30.6 Å². The number of carbonyl (C=O) groups excluding carboxylic acids is 2. The van der Waals surface area contributed by atoms with Crippen molar-refractivity contribution in [1.82, 2.24) is 5.32 Å². The number of methoxy groups -OCH3 is 1. The van der Waals surface area contributed by atoms with Crippen molar-refractivity contribution in [3.63, 3.8) is 0 Å². The lowest BCUT2D eigenvalue weighted by molar-refractivity contribution is -0.117. The number of hydrogen-bond acceptors (Lipinski definition) is 4. The summed E-state index contributed by atoms with van der Waals surface area (Å²) in [6.45, 7) is 4.23. The van der Waals surface area contributed by atoms with Crippen molar-refractivity contribution >= 4 is 17.5 Å². The first-order chi connectivity index (χ1) is 9.93. The van der Waals surface area contributed by atoms with Gasteiger partial charge in [-0.3, -0.25) is 9.59 Å². The largest absolute Gasteiger partial charge is 0.385 e. The average Bonchev–Trinajstić information content (AvgIpc) is 2.44. The molecule has 0 aliphatic heterocycles. The summed E-state index contributed by atoms with van der Waals surface area (Å²) in [6.07, 6.45) is 0.456. The zero-order valence-corrected chi connectivity index (χ0v) is 12.7. The normalized spacial score (nSPS) is 12.0. The number of hydrogen-bond donors (Lipinski definition) is 3. The zero-order chi connectivity index (χ0) is 15.8. The number of benzene rings is 1. The van der Waals surface area contributed by atoms with Crippen LogP contribution in [0.25, 0.3) is 0 Å². The lowest BCUT2D eigenvalue weighted by Crippen LogP contribution is -2.36. The lowest BCUT2D eigenvalue weighted by atomic mass is 10.1. The second kappa shape index (κ2) is 8.39. The van der Waals surface area contributed by atoms with Gasteiger partial charge < -0.3 is 21.1 Å². The summed E-state index contributed by atoms with van der Waals surface area (Å²) < 4.78 is 4.88. The topological polar surface area (TPSA) is 93.4 Å². The Kier molecular flexibility index (Phi) is 6.84. The van der Waals surface area contributed by atoms with Gasteiger partial charge in [0.25, 0.3) is 5.91 Å². The minimum atomic E-state index is -0.617. The highest BCUT2D eigenvalue weighted by atomic mass is 16.5. The summed E-state index contributed by atoms with van der Waals surface area (Å²) in [6, 6.07) is 6.14. The molecule has 0 radical (unpaired) electrons. The Morgan fingerprint density at radius 2 is 1.86 bits per heavy atom. The van der Waals surface area contributed by atoms with Crippen LogP contribution >= 0.6 is 0 Å². The first-order valence-corrected chi connectivity index (χ1v) is 6.90. The fourth-order valence-electron chi connectivity index (χ4n) is 1.66. The van der Waals surface area contributed by atoms with E-state index in [1.165, 1.54) is 0 Å². The molecular formula is C15H23N3O3. The molecule has 116 valence electrons. The second-order valence-corrected chi connectivity index (χ2v) is 5.08. The molecular weight excluding hydrogens is 270 g/mol. The molecule has 1 rings (SSSR count). The summed E-state index contributed by atoms with van der Waals surface area (Å²) in [5.74, 6) is -0.411. The number of ether oxygens (including phenoxy) is 1. The predicted molar refractivity (Wildman–Crippen MR) is 82.1 cm³/mol. The van der Waals surface area contributed by atoms with E-state index in [4.69, 9.17) is 10.5 Å². The predicted octanol–water partition coefficient (Wildman–Crippen LogP) is 1.13. The molecule has 6 nitrogen and oxygen atoms in total. The zero-order valence-electron chi connectivity index (χ0n) is 12.7. The van der Waals surface area contributed by atoms with E-state index >= 15 is 0 Å². The highest BCUT2D eigenvalue weighted by Crippen LogP contribution is 2.10. The van der Waals surface area contributed by atoms with E-state index in [1.807, 2.05) is 13.8 Å². The number of amides is 2. The van der Waals surface area contributed by atoms with Crippen molar-refractivity contribution in [3.8, 4) is 0 Å². The molecule has 0 spiro atoms. The Morgan fingerprint density at radius 1 is 1.24 bits per heavy atom. The van der Waals surface area contributed by atoms with Crippen LogP contribution in [0.5, 0.6) is 0 Å². The Bertz CT molecular complexity index is 472. The van der Waals surface area contributed by atoms with Gasteiger partial charge in [-0.25, -0.2) is 0 Å². The van der Waals surface area contributed by atoms with E-state index in [2.05, 4.69) is 10.6 Å². The molecule has 1 aromatic rings. The Morgan fingerprint density at radius 3 is 2.38 bits per heavy atom. The molecule has 0 saturated carbocycles. The van der Waals surface area contributed by atoms with Crippen molar-refractivity contribution in [3.05, 3.63) is 29.8 Å². The van der Waals surface area contributed by atoms with E-state index < -0.39 is 6.04 Å². The SMILES string of the molecule is COCCC(N)C(=O)Nc1ccc(C(=O)NC(C)C)cc1. The smallest absolute Gasteiger partial charge is 0.251 e. The Hall–Kier alpha value is -1.92. The molecule has 0 fully saturated rings. The van der Waals surface area contributed by atoms with Crippen LogP contribution in [-0.2, 0) is 9.53 Å². The number of nitrogens with one attached hydrogen (secondary N) is 2. The summed E-state index contributed by atoms with van der Waals surface area (Å²) in [5.41, 5.74) is 6.88. The first-order valence-electron chi connectivity index (χ1n) is 6.90. The molecule has 0 aliphatic carbocycles. The number of nitrogens with two attached hydrogens (primary N) is 1. The van der Waals surface area contributed by atoms with Gasteiger partial charge in [-0.2, -0.15) is 0 Å². The summed E-state index contributed by atoms with van der Waals surface area (Å²) in [7, 11) is 1.56. The maximum absolute atomic E-state index is 11.8. The fraction of sp³-hybridized carbons (Fsp3) is 0.467. The molecule has 21 heavy (non-hydrogen) atoms. The summed E-state index contributed by atoms with van der Waals surface area (Å²) in [5, 5.41) is 5.51. The maximum Gasteiger partial charge on any atom is 0.251 e. The van der Waals surface area contributed by atoms with Crippen LogP contribution in [0.2, 0.25) is 0 Å². The van der Waals surface area contributed by atoms with Gasteiger partial charge in [0.1, 0.15) is 0 Å². The number of anilines is 1. The third-order valence-corrected chi connectivity index (χ3v) is 2.80. The standard InChI is InChI=1S/C15H23N3O3/c1-10(2)17-14(19)11-4-6-12(7-5-11)18-15(20)13(16)8-9-21-3/h4-7,10,13H,8-9,16H2,1-3H3,(H,17,19)(H,18,20). The van der Waals surface area contributed by atoms with Gasteiger partial charge in [-0.05, 0) is 44.5 Å².